The molecule has 0 aliphatic carbocycles. The first-order valence-corrected chi connectivity index (χ1v) is 5.11. The molecule has 86 valence electrons. The predicted octanol–water partition coefficient (Wildman–Crippen LogP) is 0.522. The largest absolute Gasteiger partial charge is 0.480 e. The predicted molar refractivity (Wildman–Crippen MR) is 53.1 cm³/mol. The minimum absolute atomic E-state index is 0.0861. The zero-order valence-corrected chi connectivity index (χ0v) is 8.86. The van der Waals surface area contributed by atoms with Crippen LogP contribution in [0.3, 0.4) is 0 Å². The highest BCUT2D eigenvalue weighted by atomic mass is 16.5. The quantitative estimate of drug-likeness (QED) is 0.654. The van der Waals surface area contributed by atoms with Gasteiger partial charge in [-0.3, -0.25) is 9.59 Å². The average molecular weight is 215 g/mol. The molecule has 1 aliphatic heterocycles. The Morgan fingerprint density at radius 3 is 2.67 bits per heavy atom. The van der Waals surface area contributed by atoms with Crippen LogP contribution in [0.1, 0.15) is 32.6 Å². The first-order chi connectivity index (χ1) is 6.97. The Kier molecular flexibility index (Phi) is 3.68. The van der Waals surface area contributed by atoms with Crippen molar-refractivity contribution in [3.8, 4) is 0 Å². The fraction of sp³-hybridized carbons (Fsp3) is 0.800. The van der Waals surface area contributed by atoms with Gasteiger partial charge >= 0.3 is 5.97 Å². The number of amides is 1. The summed E-state index contributed by atoms with van der Waals surface area (Å²) in [5.74, 6) is -1.94. The van der Waals surface area contributed by atoms with E-state index in [9.17, 15) is 9.59 Å². The van der Waals surface area contributed by atoms with Gasteiger partial charge in [0.1, 0.15) is 5.41 Å². The van der Waals surface area contributed by atoms with Crippen molar-refractivity contribution in [2.45, 2.75) is 38.7 Å². The van der Waals surface area contributed by atoms with Crippen molar-refractivity contribution < 1.29 is 19.4 Å². The zero-order valence-electron chi connectivity index (χ0n) is 8.86. The monoisotopic (exact) mass is 215 g/mol. The van der Waals surface area contributed by atoms with Crippen LogP contribution in [0.4, 0.5) is 0 Å². The highest BCUT2D eigenvalue weighted by Crippen LogP contribution is 2.27. The number of carboxylic acids is 1. The van der Waals surface area contributed by atoms with Crippen LogP contribution in [0, 0.1) is 5.41 Å². The summed E-state index contributed by atoms with van der Waals surface area (Å²) >= 11 is 0. The highest BCUT2D eigenvalue weighted by Gasteiger charge is 2.39. The van der Waals surface area contributed by atoms with Crippen molar-refractivity contribution in [2.75, 3.05) is 6.61 Å². The van der Waals surface area contributed by atoms with E-state index in [1.165, 1.54) is 6.92 Å². The van der Waals surface area contributed by atoms with E-state index in [1.54, 1.807) is 0 Å². The SMILES string of the molecule is CC(CCC1CCCO1)(C(N)=O)C(=O)O. The molecule has 5 heteroatoms. The Morgan fingerprint density at radius 1 is 1.60 bits per heavy atom. The van der Waals surface area contributed by atoms with E-state index in [4.69, 9.17) is 15.6 Å². The number of carbonyl (C=O) groups excluding carboxylic acids is 1. The number of carbonyl (C=O) groups is 2. The van der Waals surface area contributed by atoms with Gasteiger partial charge < -0.3 is 15.6 Å². The van der Waals surface area contributed by atoms with E-state index in [0.717, 1.165) is 19.4 Å². The summed E-state index contributed by atoms with van der Waals surface area (Å²) in [7, 11) is 0. The van der Waals surface area contributed by atoms with Gasteiger partial charge in [-0.05, 0) is 32.6 Å². The Morgan fingerprint density at radius 2 is 2.27 bits per heavy atom. The molecule has 2 unspecified atom stereocenters. The number of carboxylic acid groups (broad SMARTS) is 1. The molecular weight excluding hydrogens is 198 g/mol. The summed E-state index contributed by atoms with van der Waals surface area (Å²) in [6, 6.07) is 0. The van der Waals surface area contributed by atoms with Gasteiger partial charge in [0.2, 0.25) is 5.91 Å². The second-order valence-electron chi connectivity index (χ2n) is 4.18. The molecule has 2 atom stereocenters. The Hall–Kier alpha value is -1.10. The molecular formula is C10H17NO4. The minimum atomic E-state index is -1.47. The number of primary amides is 1. The van der Waals surface area contributed by atoms with Gasteiger partial charge in [0.25, 0.3) is 0 Å². The van der Waals surface area contributed by atoms with Crippen LogP contribution < -0.4 is 5.73 Å². The molecule has 0 spiro atoms. The molecule has 1 fully saturated rings. The Labute approximate surface area is 88.6 Å². The second-order valence-corrected chi connectivity index (χ2v) is 4.18. The summed E-state index contributed by atoms with van der Waals surface area (Å²) in [6.07, 6.45) is 2.84. The van der Waals surface area contributed by atoms with E-state index in [0.29, 0.717) is 6.42 Å². The van der Waals surface area contributed by atoms with Crippen molar-refractivity contribution in [3.63, 3.8) is 0 Å². The molecule has 0 aromatic carbocycles. The van der Waals surface area contributed by atoms with Crippen LogP contribution in [-0.2, 0) is 14.3 Å². The lowest BCUT2D eigenvalue weighted by Gasteiger charge is -2.22. The van der Waals surface area contributed by atoms with Crippen molar-refractivity contribution in [1.29, 1.82) is 0 Å². The third-order valence-corrected chi connectivity index (χ3v) is 3.01. The van der Waals surface area contributed by atoms with Crippen LogP contribution in [0.2, 0.25) is 0 Å². The number of nitrogens with two attached hydrogens (primary N) is 1. The van der Waals surface area contributed by atoms with E-state index in [-0.39, 0.29) is 12.5 Å². The van der Waals surface area contributed by atoms with Crippen molar-refractivity contribution in [3.05, 3.63) is 0 Å². The van der Waals surface area contributed by atoms with Crippen LogP contribution >= 0.6 is 0 Å². The standard InChI is InChI=1S/C10H17NO4/c1-10(8(11)12,9(13)14)5-4-7-3-2-6-15-7/h7H,2-6H2,1H3,(H2,11,12)(H,13,14). The molecule has 1 aliphatic rings. The van der Waals surface area contributed by atoms with Crippen LogP contribution in [-0.4, -0.2) is 29.7 Å². The molecule has 1 saturated heterocycles. The molecule has 0 bridgehead atoms. The molecule has 15 heavy (non-hydrogen) atoms. The topological polar surface area (TPSA) is 89.6 Å². The van der Waals surface area contributed by atoms with Crippen molar-refractivity contribution in [1.82, 2.24) is 0 Å². The fourth-order valence-corrected chi connectivity index (χ4v) is 1.66. The molecule has 0 saturated carbocycles. The number of aliphatic carboxylic acids is 1. The van der Waals surface area contributed by atoms with Crippen molar-refractivity contribution >= 4 is 11.9 Å². The molecule has 0 aromatic heterocycles. The lowest BCUT2D eigenvalue weighted by atomic mass is 9.83. The maximum absolute atomic E-state index is 11.1. The van der Waals surface area contributed by atoms with E-state index in [2.05, 4.69) is 0 Å². The average Bonchev–Trinajstić information content (AvgIpc) is 2.65. The number of ether oxygens (including phenoxy) is 1. The first-order valence-electron chi connectivity index (χ1n) is 5.11. The van der Waals surface area contributed by atoms with Crippen LogP contribution in [0.25, 0.3) is 0 Å². The van der Waals surface area contributed by atoms with Gasteiger partial charge in [-0.2, -0.15) is 0 Å². The molecule has 1 heterocycles. The van der Waals surface area contributed by atoms with Gasteiger partial charge in [0, 0.05) is 6.61 Å². The van der Waals surface area contributed by atoms with E-state index in [1.807, 2.05) is 0 Å². The third kappa shape index (κ3) is 2.68. The summed E-state index contributed by atoms with van der Waals surface area (Å²) in [4.78, 5) is 22.0. The fourth-order valence-electron chi connectivity index (χ4n) is 1.66. The summed E-state index contributed by atoms with van der Waals surface area (Å²) < 4.78 is 5.36. The van der Waals surface area contributed by atoms with Gasteiger partial charge in [-0.15, -0.1) is 0 Å². The summed E-state index contributed by atoms with van der Waals surface area (Å²) in [5.41, 5.74) is 3.63. The zero-order chi connectivity index (χ0) is 11.5. The number of hydrogen-bond donors (Lipinski definition) is 2. The number of rotatable bonds is 5. The van der Waals surface area contributed by atoms with Crippen LogP contribution in [0.15, 0.2) is 0 Å². The highest BCUT2D eigenvalue weighted by molar-refractivity contribution is 6.00. The van der Waals surface area contributed by atoms with Gasteiger partial charge in [0.05, 0.1) is 6.10 Å². The maximum Gasteiger partial charge on any atom is 0.318 e. The Bertz CT molecular complexity index is 244. The third-order valence-electron chi connectivity index (χ3n) is 3.01. The summed E-state index contributed by atoms with van der Waals surface area (Å²) in [5, 5.41) is 8.94. The molecule has 1 amide bonds. The van der Waals surface area contributed by atoms with E-state index >= 15 is 0 Å². The molecule has 0 aromatic rings. The van der Waals surface area contributed by atoms with Gasteiger partial charge in [-0.25, -0.2) is 0 Å². The van der Waals surface area contributed by atoms with Gasteiger partial charge in [-0.1, -0.05) is 0 Å². The smallest absolute Gasteiger partial charge is 0.318 e. The number of hydrogen-bond acceptors (Lipinski definition) is 3. The lowest BCUT2D eigenvalue weighted by Crippen LogP contribution is -2.41. The summed E-state index contributed by atoms with van der Waals surface area (Å²) in [6.45, 7) is 2.09. The Balaban J connectivity index is 2.51. The van der Waals surface area contributed by atoms with E-state index < -0.39 is 17.3 Å². The maximum atomic E-state index is 11.1. The molecule has 3 N–H and O–H groups in total. The van der Waals surface area contributed by atoms with Crippen molar-refractivity contribution in [2.24, 2.45) is 11.1 Å². The second kappa shape index (κ2) is 4.61. The van der Waals surface area contributed by atoms with Gasteiger partial charge in [0.15, 0.2) is 0 Å². The lowest BCUT2D eigenvalue weighted by molar-refractivity contribution is -0.154. The minimum Gasteiger partial charge on any atom is -0.480 e. The molecule has 1 rings (SSSR count). The molecule has 0 radical (unpaired) electrons. The normalized spacial score (nSPS) is 24.7. The molecule has 5 nitrogen and oxygen atoms in total. The van der Waals surface area contributed by atoms with Crippen LogP contribution in [0.5, 0.6) is 0 Å². The first kappa shape index (κ1) is 12.0.